The lowest BCUT2D eigenvalue weighted by Gasteiger charge is -2.31. The van der Waals surface area contributed by atoms with Gasteiger partial charge in [-0.2, -0.15) is 0 Å². The Morgan fingerprint density at radius 3 is 2.48 bits per heavy atom. The number of likely N-dealkylation sites (tertiary alicyclic amines) is 1. The molecular weight excluding hydrogens is 358 g/mol. The molecular formula is C19H22F2N2O4. The van der Waals surface area contributed by atoms with Crippen LogP contribution in [0.2, 0.25) is 0 Å². The predicted molar refractivity (Wildman–Crippen MR) is 91.8 cm³/mol. The van der Waals surface area contributed by atoms with Crippen molar-refractivity contribution < 1.29 is 28.3 Å². The number of aliphatic carboxylic acids is 1. The molecule has 2 amide bonds. The number of carboxylic acid groups (broad SMARTS) is 1. The van der Waals surface area contributed by atoms with Crippen LogP contribution in [0.25, 0.3) is 0 Å². The Morgan fingerprint density at radius 2 is 1.89 bits per heavy atom. The van der Waals surface area contributed by atoms with Crippen molar-refractivity contribution in [1.29, 1.82) is 0 Å². The maximum atomic E-state index is 13.9. The summed E-state index contributed by atoms with van der Waals surface area (Å²) in [5.74, 6) is -3.74. The van der Waals surface area contributed by atoms with Crippen LogP contribution in [-0.4, -0.2) is 59.4 Å². The number of hydrogen-bond acceptors (Lipinski definition) is 3. The second kappa shape index (κ2) is 7.62. The number of carbonyl (C=O) groups excluding carboxylic acids is 2. The van der Waals surface area contributed by atoms with E-state index >= 15 is 0 Å². The molecule has 0 spiro atoms. The summed E-state index contributed by atoms with van der Waals surface area (Å²) in [6.45, 7) is 0.640. The monoisotopic (exact) mass is 380 g/mol. The van der Waals surface area contributed by atoms with Gasteiger partial charge in [-0.05, 0) is 36.8 Å². The van der Waals surface area contributed by atoms with Crippen LogP contribution in [0.5, 0.6) is 0 Å². The van der Waals surface area contributed by atoms with Gasteiger partial charge in [0.05, 0.1) is 12.5 Å². The quantitative estimate of drug-likeness (QED) is 0.846. The fourth-order valence-corrected chi connectivity index (χ4v) is 3.65. The molecule has 2 aliphatic rings. The topological polar surface area (TPSA) is 77.9 Å². The first-order chi connectivity index (χ1) is 12.8. The zero-order valence-corrected chi connectivity index (χ0v) is 15.0. The molecule has 2 unspecified atom stereocenters. The minimum Gasteiger partial charge on any atom is -0.481 e. The van der Waals surface area contributed by atoms with E-state index in [9.17, 15) is 23.2 Å². The highest BCUT2D eigenvalue weighted by Crippen LogP contribution is 2.49. The molecule has 1 aromatic rings. The Kier molecular flexibility index (Phi) is 5.43. The van der Waals surface area contributed by atoms with Crippen LogP contribution >= 0.6 is 0 Å². The van der Waals surface area contributed by atoms with Crippen molar-refractivity contribution in [2.24, 2.45) is 11.8 Å². The summed E-state index contributed by atoms with van der Waals surface area (Å²) in [5, 5.41) is 9.00. The van der Waals surface area contributed by atoms with Gasteiger partial charge in [-0.3, -0.25) is 14.4 Å². The summed E-state index contributed by atoms with van der Waals surface area (Å²) in [6, 6.07) is 3.34. The number of hydrogen-bond donors (Lipinski definition) is 1. The number of carbonyl (C=O) groups is 3. The molecule has 146 valence electrons. The maximum Gasteiger partial charge on any atom is 0.306 e. The van der Waals surface area contributed by atoms with Crippen molar-refractivity contribution in [3.63, 3.8) is 0 Å². The average molecular weight is 380 g/mol. The Labute approximate surface area is 155 Å². The third kappa shape index (κ3) is 4.26. The van der Waals surface area contributed by atoms with Crippen molar-refractivity contribution in [3.05, 3.63) is 35.4 Å². The molecule has 0 bridgehead atoms. The lowest BCUT2D eigenvalue weighted by molar-refractivity contribution is -0.146. The summed E-state index contributed by atoms with van der Waals surface area (Å²) < 4.78 is 26.9. The molecule has 2 fully saturated rings. The smallest absolute Gasteiger partial charge is 0.306 e. The number of benzene rings is 1. The lowest BCUT2D eigenvalue weighted by atomic mass is 9.97. The van der Waals surface area contributed by atoms with Crippen LogP contribution < -0.4 is 0 Å². The van der Waals surface area contributed by atoms with Crippen molar-refractivity contribution in [2.45, 2.75) is 25.2 Å². The first kappa shape index (κ1) is 19.3. The number of amides is 2. The largest absolute Gasteiger partial charge is 0.481 e. The fraction of sp³-hybridized carbons (Fsp3) is 0.526. The van der Waals surface area contributed by atoms with Gasteiger partial charge >= 0.3 is 5.97 Å². The molecule has 0 aromatic heterocycles. The van der Waals surface area contributed by atoms with Crippen LogP contribution in [0.3, 0.4) is 0 Å². The summed E-state index contributed by atoms with van der Waals surface area (Å²) in [4.78, 5) is 38.7. The van der Waals surface area contributed by atoms with E-state index in [-0.39, 0.29) is 24.3 Å². The normalized spacial score (nSPS) is 22.4. The number of rotatable bonds is 5. The summed E-state index contributed by atoms with van der Waals surface area (Å²) in [7, 11) is 1.53. The minimum atomic E-state index is -0.845. The summed E-state index contributed by atoms with van der Waals surface area (Å²) >= 11 is 0. The zero-order valence-electron chi connectivity index (χ0n) is 15.0. The first-order valence-electron chi connectivity index (χ1n) is 8.98. The molecule has 1 aromatic carbocycles. The van der Waals surface area contributed by atoms with Crippen molar-refractivity contribution in [1.82, 2.24) is 9.80 Å². The van der Waals surface area contributed by atoms with Gasteiger partial charge in [-0.1, -0.05) is 6.07 Å². The van der Waals surface area contributed by atoms with Gasteiger partial charge < -0.3 is 14.9 Å². The Morgan fingerprint density at radius 1 is 1.22 bits per heavy atom. The number of carboxylic acids is 1. The zero-order chi connectivity index (χ0) is 19.7. The van der Waals surface area contributed by atoms with Gasteiger partial charge in [0.15, 0.2) is 0 Å². The standard InChI is InChI=1S/C19H22F2N2O4/c1-22(10-17(24)23-6-4-11(5-7-23)19(26)27)18(25)15-9-14(15)13-3-2-12(20)8-16(13)21/h2-3,8,11,14-15H,4-7,9-10H2,1H3,(H,26,27). The maximum absolute atomic E-state index is 13.9. The number of piperidine rings is 1. The molecule has 0 radical (unpaired) electrons. The number of nitrogens with zero attached hydrogens (tertiary/aromatic N) is 2. The summed E-state index contributed by atoms with van der Waals surface area (Å²) in [5.41, 5.74) is 0.324. The molecule has 1 saturated carbocycles. The molecule has 1 heterocycles. The van der Waals surface area contributed by atoms with Gasteiger partial charge in [0.2, 0.25) is 11.8 Å². The van der Waals surface area contributed by atoms with Crippen LogP contribution in [0.1, 0.15) is 30.7 Å². The van der Waals surface area contributed by atoms with Gasteiger partial charge in [-0.15, -0.1) is 0 Å². The van der Waals surface area contributed by atoms with Gasteiger partial charge in [0, 0.05) is 32.1 Å². The third-order valence-electron chi connectivity index (χ3n) is 5.42. The minimum absolute atomic E-state index is 0.0916. The second-order valence-corrected chi connectivity index (χ2v) is 7.30. The second-order valence-electron chi connectivity index (χ2n) is 7.30. The van der Waals surface area contributed by atoms with E-state index in [2.05, 4.69) is 0 Å². The Balaban J connectivity index is 1.51. The first-order valence-corrected chi connectivity index (χ1v) is 8.98. The van der Waals surface area contributed by atoms with Crippen molar-refractivity contribution >= 4 is 17.8 Å². The van der Waals surface area contributed by atoms with E-state index in [0.717, 1.165) is 6.07 Å². The van der Waals surface area contributed by atoms with E-state index in [4.69, 9.17) is 5.11 Å². The molecule has 6 nitrogen and oxygen atoms in total. The van der Waals surface area contributed by atoms with Crippen molar-refractivity contribution in [3.8, 4) is 0 Å². The molecule has 27 heavy (non-hydrogen) atoms. The van der Waals surface area contributed by atoms with Crippen molar-refractivity contribution in [2.75, 3.05) is 26.7 Å². The van der Waals surface area contributed by atoms with E-state index in [1.807, 2.05) is 0 Å². The fourth-order valence-electron chi connectivity index (χ4n) is 3.65. The van der Waals surface area contributed by atoms with Crippen LogP contribution in [0, 0.1) is 23.5 Å². The Hall–Kier alpha value is -2.51. The highest BCUT2D eigenvalue weighted by atomic mass is 19.1. The number of halogens is 2. The average Bonchev–Trinajstić information content (AvgIpc) is 3.41. The van der Waals surface area contributed by atoms with E-state index in [0.29, 0.717) is 37.9 Å². The molecule has 1 saturated heterocycles. The molecule has 2 atom stereocenters. The van der Waals surface area contributed by atoms with Gasteiger partial charge in [0.1, 0.15) is 11.6 Å². The summed E-state index contributed by atoms with van der Waals surface area (Å²) in [6.07, 6.45) is 1.30. The molecule has 1 N–H and O–H groups in total. The van der Waals surface area contributed by atoms with Gasteiger partial charge in [-0.25, -0.2) is 8.78 Å². The molecule has 3 rings (SSSR count). The number of likely N-dealkylation sites (N-methyl/N-ethyl adjacent to an activating group) is 1. The van der Waals surface area contributed by atoms with Gasteiger partial charge in [0.25, 0.3) is 0 Å². The van der Waals surface area contributed by atoms with E-state index < -0.39 is 29.4 Å². The predicted octanol–water partition coefficient (Wildman–Crippen LogP) is 1.85. The molecule has 8 heteroatoms. The Bertz CT molecular complexity index is 762. The van der Waals surface area contributed by atoms with Crippen LogP contribution in [-0.2, 0) is 14.4 Å². The van der Waals surface area contributed by atoms with E-state index in [1.54, 1.807) is 4.90 Å². The highest BCUT2D eigenvalue weighted by Gasteiger charge is 2.46. The molecule has 1 aliphatic carbocycles. The third-order valence-corrected chi connectivity index (χ3v) is 5.42. The highest BCUT2D eigenvalue weighted by molar-refractivity contribution is 5.88. The van der Waals surface area contributed by atoms with Crippen LogP contribution in [0.15, 0.2) is 18.2 Å². The van der Waals surface area contributed by atoms with Crippen LogP contribution in [0.4, 0.5) is 8.78 Å². The SMILES string of the molecule is CN(CC(=O)N1CCC(C(=O)O)CC1)C(=O)C1CC1c1ccc(F)cc1F. The lowest BCUT2D eigenvalue weighted by Crippen LogP contribution is -2.45. The van der Waals surface area contributed by atoms with E-state index in [1.165, 1.54) is 24.1 Å². The molecule has 1 aliphatic heterocycles.